The van der Waals surface area contributed by atoms with Crippen molar-refractivity contribution in [1.82, 2.24) is 0 Å². The van der Waals surface area contributed by atoms with E-state index in [0.717, 1.165) is 19.5 Å². The first-order chi connectivity index (χ1) is 8.33. The molecule has 0 saturated heterocycles. The van der Waals surface area contributed by atoms with Crippen LogP contribution in [0.4, 0.5) is 0 Å². The van der Waals surface area contributed by atoms with Gasteiger partial charge >= 0.3 is 0 Å². The Bertz CT molecular complexity index is 284. The molecule has 0 fully saturated rings. The molecule has 0 radical (unpaired) electrons. The van der Waals surface area contributed by atoms with Gasteiger partial charge in [-0.1, -0.05) is 41.5 Å². The van der Waals surface area contributed by atoms with Crippen molar-refractivity contribution in [3.8, 4) is 0 Å². The minimum absolute atomic E-state index is 0.184. The molecule has 0 aliphatic rings. The van der Waals surface area contributed by atoms with Gasteiger partial charge in [0, 0.05) is 13.1 Å². The first-order valence-electron chi connectivity index (χ1n) is 6.65. The van der Waals surface area contributed by atoms with Crippen LogP contribution in [0.2, 0.25) is 0 Å². The lowest BCUT2D eigenvalue weighted by Gasteiger charge is -2.15. The van der Waals surface area contributed by atoms with Gasteiger partial charge in [-0.3, -0.25) is 9.98 Å². The van der Waals surface area contributed by atoms with Crippen molar-refractivity contribution in [2.24, 2.45) is 38.0 Å². The third-order valence-corrected chi connectivity index (χ3v) is 1.96. The number of rotatable bonds is 3. The molecule has 0 saturated carbocycles. The lowest BCUT2D eigenvalue weighted by Crippen LogP contribution is -2.23. The molecule has 0 unspecified atom stereocenters. The van der Waals surface area contributed by atoms with Crippen molar-refractivity contribution in [3.63, 3.8) is 0 Å². The number of amidine groups is 1. The fourth-order valence-corrected chi connectivity index (χ4v) is 0.882. The molecule has 0 atom stereocenters. The minimum atomic E-state index is 0.184. The highest BCUT2D eigenvalue weighted by molar-refractivity contribution is 5.77. The van der Waals surface area contributed by atoms with Gasteiger partial charge in [0.15, 0.2) is 5.96 Å². The van der Waals surface area contributed by atoms with Crippen molar-refractivity contribution in [3.05, 3.63) is 0 Å². The summed E-state index contributed by atoms with van der Waals surface area (Å²) in [5.74, 6) is 0.856. The molecule has 0 heterocycles. The molecule has 0 aliphatic heterocycles. The summed E-state index contributed by atoms with van der Waals surface area (Å²) in [6.07, 6.45) is 1.02. The van der Waals surface area contributed by atoms with Crippen LogP contribution in [0, 0.1) is 10.8 Å². The summed E-state index contributed by atoms with van der Waals surface area (Å²) in [5.41, 5.74) is 16.2. The maximum absolute atomic E-state index is 5.35. The van der Waals surface area contributed by atoms with Gasteiger partial charge in [0.25, 0.3) is 0 Å². The van der Waals surface area contributed by atoms with E-state index in [1.165, 1.54) is 0 Å². The molecule has 0 aromatic heterocycles. The van der Waals surface area contributed by atoms with Crippen LogP contribution in [0.1, 0.15) is 54.9 Å². The van der Waals surface area contributed by atoms with E-state index in [4.69, 9.17) is 17.2 Å². The van der Waals surface area contributed by atoms with E-state index in [1.54, 1.807) is 0 Å². The van der Waals surface area contributed by atoms with Crippen molar-refractivity contribution in [2.75, 3.05) is 13.1 Å². The van der Waals surface area contributed by atoms with E-state index in [-0.39, 0.29) is 11.4 Å². The van der Waals surface area contributed by atoms with E-state index < -0.39 is 0 Å². The van der Waals surface area contributed by atoms with Gasteiger partial charge in [-0.2, -0.15) is 0 Å². The Labute approximate surface area is 118 Å². The lowest BCUT2D eigenvalue weighted by molar-refractivity contribution is 0.385. The number of hydrogen-bond acceptors (Lipinski definition) is 2. The van der Waals surface area contributed by atoms with Crippen molar-refractivity contribution < 1.29 is 0 Å². The zero-order chi connectivity index (χ0) is 15.7. The first-order valence-corrected chi connectivity index (χ1v) is 6.65. The van der Waals surface area contributed by atoms with E-state index in [9.17, 15) is 0 Å². The monoisotopic (exact) mass is 271 g/mol. The topological polar surface area (TPSA) is 103 Å². The Balaban J connectivity index is 0. The summed E-state index contributed by atoms with van der Waals surface area (Å²) in [5, 5.41) is 0. The lowest BCUT2D eigenvalue weighted by atomic mass is 9.93. The summed E-state index contributed by atoms with van der Waals surface area (Å²) >= 11 is 0. The van der Waals surface area contributed by atoms with Gasteiger partial charge in [0.05, 0.1) is 5.84 Å². The number of guanidine groups is 1. The number of nitrogens with two attached hydrogens (primary N) is 3. The summed E-state index contributed by atoms with van der Waals surface area (Å²) in [7, 11) is 0. The van der Waals surface area contributed by atoms with Gasteiger partial charge in [0.2, 0.25) is 0 Å². The Kier molecular flexibility index (Phi) is 9.27. The standard InChI is InChI=1S/C7H17N3.C7H16N2/c1-7(2,3)4-5-10-6(8)9;1-6(8)9-5-7(2,3)4/h4-5H2,1-3H3,(H4,8,9,10);5H2,1-4H3,(H2,8,9). The predicted molar refractivity (Wildman–Crippen MR) is 86.4 cm³/mol. The van der Waals surface area contributed by atoms with E-state index >= 15 is 0 Å². The highest BCUT2D eigenvalue weighted by Gasteiger charge is 2.08. The average molecular weight is 271 g/mol. The van der Waals surface area contributed by atoms with E-state index in [1.807, 2.05) is 6.92 Å². The first kappa shape index (κ1) is 20.1. The molecule has 114 valence electrons. The molecule has 19 heavy (non-hydrogen) atoms. The van der Waals surface area contributed by atoms with Crippen LogP contribution in [-0.2, 0) is 0 Å². The SMILES string of the molecule is CC(C)(C)CCN=C(N)N.CC(N)=NCC(C)(C)C. The molecule has 5 nitrogen and oxygen atoms in total. The Morgan fingerprint density at radius 3 is 1.53 bits per heavy atom. The smallest absolute Gasteiger partial charge is 0.185 e. The predicted octanol–water partition coefficient (Wildman–Crippen LogP) is 2.11. The molecule has 5 heteroatoms. The van der Waals surface area contributed by atoms with Crippen LogP contribution in [0.5, 0.6) is 0 Å². The second kappa shape index (κ2) is 8.77. The summed E-state index contributed by atoms with van der Waals surface area (Å²) in [6.45, 7) is 16.3. The maximum atomic E-state index is 5.35. The fraction of sp³-hybridized carbons (Fsp3) is 0.857. The largest absolute Gasteiger partial charge is 0.388 e. The highest BCUT2D eigenvalue weighted by atomic mass is 15.0. The van der Waals surface area contributed by atoms with Crippen molar-refractivity contribution in [2.45, 2.75) is 54.9 Å². The maximum Gasteiger partial charge on any atom is 0.185 e. The van der Waals surface area contributed by atoms with Crippen LogP contribution in [0.3, 0.4) is 0 Å². The zero-order valence-electron chi connectivity index (χ0n) is 13.7. The van der Waals surface area contributed by atoms with Crippen molar-refractivity contribution in [1.29, 1.82) is 0 Å². The Hall–Kier alpha value is -1.26. The molecule has 0 aromatic rings. The summed E-state index contributed by atoms with van der Waals surface area (Å²) in [6, 6.07) is 0. The van der Waals surface area contributed by atoms with Gasteiger partial charge in [-0.15, -0.1) is 0 Å². The van der Waals surface area contributed by atoms with Gasteiger partial charge in [-0.05, 0) is 24.2 Å². The Morgan fingerprint density at radius 2 is 1.32 bits per heavy atom. The normalized spacial score (nSPS) is 12.5. The van der Waals surface area contributed by atoms with Crippen LogP contribution >= 0.6 is 0 Å². The molecular weight excluding hydrogens is 238 g/mol. The molecule has 0 aromatic carbocycles. The van der Waals surface area contributed by atoms with Crippen LogP contribution < -0.4 is 17.2 Å². The van der Waals surface area contributed by atoms with E-state index in [0.29, 0.717) is 11.3 Å². The number of aliphatic imine (C=N–C) groups is 2. The average Bonchev–Trinajstić information content (AvgIpc) is 2.12. The third-order valence-electron chi connectivity index (χ3n) is 1.96. The minimum Gasteiger partial charge on any atom is -0.388 e. The van der Waals surface area contributed by atoms with E-state index in [2.05, 4.69) is 51.5 Å². The number of nitrogens with zero attached hydrogens (tertiary/aromatic N) is 2. The fourth-order valence-electron chi connectivity index (χ4n) is 0.882. The molecule has 0 amide bonds. The van der Waals surface area contributed by atoms with Crippen molar-refractivity contribution >= 4 is 11.8 Å². The molecule has 0 aliphatic carbocycles. The Morgan fingerprint density at radius 1 is 0.842 bits per heavy atom. The summed E-state index contributed by atoms with van der Waals surface area (Å²) in [4.78, 5) is 7.97. The second-order valence-electron chi connectivity index (χ2n) is 7.14. The molecule has 0 spiro atoms. The molecule has 0 rings (SSSR count). The van der Waals surface area contributed by atoms with Gasteiger partial charge in [-0.25, -0.2) is 0 Å². The number of hydrogen-bond donors (Lipinski definition) is 3. The highest BCUT2D eigenvalue weighted by Crippen LogP contribution is 2.17. The second-order valence-corrected chi connectivity index (χ2v) is 7.14. The zero-order valence-corrected chi connectivity index (χ0v) is 13.7. The summed E-state index contributed by atoms with van der Waals surface area (Å²) < 4.78 is 0. The molecule has 0 bridgehead atoms. The molecule has 6 N–H and O–H groups in total. The van der Waals surface area contributed by atoms with Crippen LogP contribution in [0.15, 0.2) is 9.98 Å². The molecular formula is C14H33N5. The quantitative estimate of drug-likeness (QED) is 0.541. The van der Waals surface area contributed by atoms with Gasteiger partial charge in [0.1, 0.15) is 0 Å². The van der Waals surface area contributed by atoms with Gasteiger partial charge < -0.3 is 17.2 Å². The van der Waals surface area contributed by atoms with Crippen LogP contribution in [0.25, 0.3) is 0 Å². The van der Waals surface area contributed by atoms with Crippen LogP contribution in [-0.4, -0.2) is 24.9 Å². The third kappa shape index (κ3) is 26.4.